The largest absolute Gasteiger partial charge is 0.366 e. The zero-order valence-electron chi connectivity index (χ0n) is 9.70. The minimum atomic E-state index is -0.726. The smallest absolute Gasteiger partial charge is 0.141 e. The van der Waals surface area contributed by atoms with Gasteiger partial charge >= 0.3 is 0 Å². The lowest BCUT2D eigenvalue weighted by Gasteiger charge is -2.15. The monoisotopic (exact) mass is 322 g/mol. The highest BCUT2D eigenvalue weighted by atomic mass is 79.9. The molecule has 2 nitrogen and oxygen atoms in total. The van der Waals surface area contributed by atoms with E-state index in [1.165, 1.54) is 36.4 Å². The third-order valence-corrected chi connectivity index (χ3v) is 3.28. The van der Waals surface area contributed by atoms with Gasteiger partial charge in [-0.25, -0.2) is 8.78 Å². The van der Waals surface area contributed by atoms with Crippen LogP contribution in [0, 0.1) is 23.0 Å². The van der Waals surface area contributed by atoms with E-state index in [4.69, 9.17) is 0 Å². The number of hydrogen-bond acceptors (Lipinski definition) is 2. The van der Waals surface area contributed by atoms with E-state index in [1.54, 1.807) is 6.07 Å². The molecule has 0 aliphatic carbocycles. The van der Waals surface area contributed by atoms with E-state index in [-0.39, 0.29) is 5.82 Å². The Morgan fingerprint density at radius 1 is 1.05 bits per heavy atom. The summed E-state index contributed by atoms with van der Waals surface area (Å²) in [6.45, 7) is 0. The Morgan fingerprint density at radius 3 is 2.32 bits per heavy atom. The summed E-state index contributed by atoms with van der Waals surface area (Å²) in [4.78, 5) is 0. The van der Waals surface area contributed by atoms with Crippen molar-refractivity contribution in [3.63, 3.8) is 0 Å². The van der Waals surface area contributed by atoms with Crippen LogP contribution >= 0.6 is 15.9 Å². The Bertz CT molecular complexity index is 620. The van der Waals surface area contributed by atoms with Crippen LogP contribution in [-0.4, -0.2) is 0 Å². The van der Waals surface area contributed by atoms with Crippen molar-refractivity contribution >= 4 is 21.6 Å². The molecule has 0 spiro atoms. The van der Waals surface area contributed by atoms with Crippen molar-refractivity contribution in [2.45, 2.75) is 6.04 Å². The summed E-state index contributed by atoms with van der Waals surface area (Å²) >= 11 is 3.28. The zero-order chi connectivity index (χ0) is 13.8. The molecule has 0 fully saturated rings. The van der Waals surface area contributed by atoms with Crippen LogP contribution in [0.1, 0.15) is 11.6 Å². The Labute approximate surface area is 117 Å². The maximum Gasteiger partial charge on any atom is 0.141 e. The molecule has 1 unspecified atom stereocenters. The average Bonchev–Trinajstić information content (AvgIpc) is 2.41. The molecule has 2 aromatic rings. The first-order chi connectivity index (χ1) is 9.10. The predicted octanol–water partition coefficient (Wildman–Crippen LogP) is 4.40. The van der Waals surface area contributed by atoms with Gasteiger partial charge in [0.05, 0.1) is 6.07 Å². The van der Waals surface area contributed by atoms with Crippen molar-refractivity contribution in [2.75, 3.05) is 5.32 Å². The molecule has 2 aromatic carbocycles. The van der Waals surface area contributed by atoms with Crippen molar-refractivity contribution in [1.29, 1.82) is 5.26 Å². The number of rotatable bonds is 3. The normalized spacial score (nSPS) is 11.7. The van der Waals surface area contributed by atoms with Gasteiger partial charge in [-0.05, 0) is 42.5 Å². The number of benzene rings is 2. The minimum Gasteiger partial charge on any atom is -0.366 e. The molecular formula is C14H9BrF2N2. The lowest BCUT2D eigenvalue weighted by Crippen LogP contribution is -2.09. The molecule has 0 amide bonds. The predicted molar refractivity (Wildman–Crippen MR) is 72.5 cm³/mol. The summed E-state index contributed by atoms with van der Waals surface area (Å²) in [5.41, 5.74) is 1.08. The van der Waals surface area contributed by atoms with Crippen molar-refractivity contribution < 1.29 is 8.78 Å². The summed E-state index contributed by atoms with van der Waals surface area (Å²) in [6, 6.07) is 11.1. The van der Waals surface area contributed by atoms with Crippen LogP contribution in [0.5, 0.6) is 0 Å². The number of nitrogens with zero attached hydrogens (tertiary/aromatic N) is 1. The summed E-state index contributed by atoms with van der Waals surface area (Å²) in [5.74, 6) is -0.773. The fraction of sp³-hybridized carbons (Fsp3) is 0.0714. The first-order valence-corrected chi connectivity index (χ1v) is 6.26. The molecule has 0 aromatic heterocycles. The number of nitrogens with one attached hydrogen (secondary N) is 1. The van der Waals surface area contributed by atoms with Gasteiger partial charge in [0, 0.05) is 15.7 Å². The third kappa shape index (κ3) is 3.30. The molecule has 96 valence electrons. The first kappa shape index (κ1) is 13.5. The Morgan fingerprint density at radius 2 is 1.68 bits per heavy atom. The van der Waals surface area contributed by atoms with E-state index in [2.05, 4.69) is 21.2 Å². The van der Waals surface area contributed by atoms with E-state index < -0.39 is 11.9 Å². The van der Waals surface area contributed by atoms with Crippen LogP contribution in [0.3, 0.4) is 0 Å². The van der Waals surface area contributed by atoms with E-state index in [1.807, 2.05) is 6.07 Å². The highest BCUT2D eigenvalue weighted by molar-refractivity contribution is 9.10. The summed E-state index contributed by atoms with van der Waals surface area (Å²) in [7, 11) is 0. The zero-order valence-corrected chi connectivity index (χ0v) is 11.3. The van der Waals surface area contributed by atoms with Crippen LogP contribution < -0.4 is 5.32 Å². The molecule has 0 aliphatic heterocycles. The standard InChI is InChI=1S/C14H9BrF2N2/c15-13-6-3-10(17)7-12(13)14(8-18)19-11-4-1-9(16)2-5-11/h1-7,14,19H. The van der Waals surface area contributed by atoms with Crippen LogP contribution in [0.15, 0.2) is 46.9 Å². The van der Waals surface area contributed by atoms with Crippen LogP contribution in [0.4, 0.5) is 14.5 Å². The second kappa shape index (κ2) is 5.81. The second-order valence-electron chi connectivity index (χ2n) is 3.88. The molecule has 0 heterocycles. The maximum atomic E-state index is 13.2. The van der Waals surface area contributed by atoms with E-state index in [0.29, 0.717) is 15.7 Å². The molecule has 5 heteroatoms. The highest BCUT2D eigenvalue weighted by Crippen LogP contribution is 2.27. The quantitative estimate of drug-likeness (QED) is 0.908. The van der Waals surface area contributed by atoms with Gasteiger partial charge in [-0.3, -0.25) is 0 Å². The molecule has 1 atom stereocenters. The molecule has 1 N–H and O–H groups in total. The average molecular weight is 323 g/mol. The van der Waals surface area contributed by atoms with Crippen molar-refractivity contribution in [2.24, 2.45) is 0 Å². The Hall–Kier alpha value is -1.93. The Kier molecular flexibility index (Phi) is 4.13. The SMILES string of the molecule is N#CC(Nc1ccc(F)cc1)c1cc(F)ccc1Br. The van der Waals surface area contributed by atoms with Crippen molar-refractivity contribution in [3.8, 4) is 6.07 Å². The number of nitriles is 1. The minimum absolute atomic E-state index is 0.356. The summed E-state index contributed by atoms with van der Waals surface area (Å²) in [5, 5.41) is 12.1. The van der Waals surface area contributed by atoms with Crippen LogP contribution in [-0.2, 0) is 0 Å². The first-order valence-electron chi connectivity index (χ1n) is 5.47. The van der Waals surface area contributed by atoms with Crippen molar-refractivity contribution in [1.82, 2.24) is 0 Å². The molecule has 2 rings (SSSR count). The van der Waals surface area contributed by atoms with Gasteiger partial charge in [-0.2, -0.15) is 5.26 Å². The molecule has 0 aliphatic rings. The molecular weight excluding hydrogens is 314 g/mol. The third-order valence-electron chi connectivity index (χ3n) is 2.55. The van der Waals surface area contributed by atoms with Crippen LogP contribution in [0.25, 0.3) is 0 Å². The number of hydrogen-bond donors (Lipinski definition) is 1. The van der Waals surface area contributed by atoms with Gasteiger partial charge in [0.1, 0.15) is 17.7 Å². The molecule has 0 radical (unpaired) electrons. The molecule has 0 saturated heterocycles. The van der Waals surface area contributed by atoms with Gasteiger partial charge < -0.3 is 5.32 Å². The van der Waals surface area contributed by atoms with Gasteiger partial charge in [-0.1, -0.05) is 15.9 Å². The number of halogens is 3. The molecule has 19 heavy (non-hydrogen) atoms. The maximum absolute atomic E-state index is 13.2. The van der Waals surface area contributed by atoms with Gasteiger partial charge in [0.15, 0.2) is 0 Å². The van der Waals surface area contributed by atoms with E-state index in [0.717, 1.165) is 0 Å². The lowest BCUT2D eigenvalue weighted by atomic mass is 10.1. The van der Waals surface area contributed by atoms with Crippen LogP contribution in [0.2, 0.25) is 0 Å². The molecule has 0 bridgehead atoms. The summed E-state index contributed by atoms with van der Waals surface area (Å²) < 4.78 is 26.7. The summed E-state index contributed by atoms with van der Waals surface area (Å²) in [6.07, 6.45) is 0. The van der Waals surface area contributed by atoms with E-state index >= 15 is 0 Å². The lowest BCUT2D eigenvalue weighted by molar-refractivity contribution is 0.624. The molecule has 0 saturated carbocycles. The van der Waals surface area contributed by atoms with E-state index in [9.17, 15) is 14.0 Å². The Balaban J connectivity index is 2.28. The van der Waals surface area contributed by atoms with Gasteiger partial charge in [0.25, 0.3) is 0 Å². The topological polar surface area (TPSA) is 35.8 Å². The number of anilines is 1. The van der Waals surface area contributed by atoms with Crippen molar-refractivity contribution in [3.05, 3.63) is 64.1 Å². The van der Waals surface area contributed by atoms with Gasteiger partial charge in [-0.15, -0.1) is 0 Å². The van der Waals surface area contributed by atoms with Gasteiger partial charge in [0.2, 0.25) is 0 Å². The fourth-order valence-corrected chi connectivity index (χ4v) is 2.10. The highest BCUT2D eigenvalue weighted by Gasteiger charge is 2.14. The second-order valence-corrected chi connectivity index (χ2v) is 4.73. The fourth-order valence-electron chi connectivity index (χ4n) is 1.63.